The predicted molar refractivity (Wildman–Crippen MR) is 104 cm³/mol. The molecule has 29 heavy (non-hydrogen) atoms. The van der Waals surface area contributed by atoms with Crippen molar-refractivity contribution in [2.75, 3.05) is 6.61 Å². The summed E-state index contributed by atoms with van der Waals surface area (Å²) < 4.78 is 4.89. The van der Waals surface area contributed by atoms with Crippen LogP contribution in [0.1, 0.15) is 65.2 Å². The van der Waals surface area contributed by atoms with Crippen LogP contribution < -0.4 is 0 Å². The molecule has 4 aliphatic rings. The maximum absolute atomic E-state index is 12.8. The van der Waals surface area contributed by atoms with Gasteiger partial charge in [-0.15, -0.1) is 0 Å². The van der Waals surface area contributed by atoms with E-state index in [1.54, 1.807) is 0 Å². The molecule has 6 nitrogen and oxygen atoms in total. The van der Waals surface area contributed by atoms with Gasteiger partial charge in [-0.3, -0.25) is 14.4 Å². The molecule has 0 radical (unpaired) electrons. The van der Waals surface area contributed by atoms with Crippen LogP contribution in [-0.2, 0) is 23.9 Å². The lowest BCUT2D eigenvalue weighted by molar-refractivity contribution is -0.146. The van der Waals surface area contributed by atoms with Gasteiger partial charge in [0, 0.05) is 25.2 Å². The van der Waals surface area contributed by atoms with Gasteiger partial charge in [0.1, 0.15) is 12.9 Å². The van der Waals surface area contributed by atoms with Crippen LogP contribution in [0.3, 0.4) is 0 Å². The Labute approximate surface area is 171 Å². The summed E-state index contributed by atoms with van der Waals surface area (Å²) in [7, 11) is 0. The molecule has 4 rings (SSSR count). The fourth-order valence-electron chi connectivity index (χ4n) is 7.18. The van der Waals surface area contributed by atoms with Gasteiger partial charge in [-0.25, -0.2) is 0 Å². The Hall–Kier alpha value is -1.82. The van der Waals surface area contributed by atoms with Gasteiger partial charge in [-0.05, 0) is 61.9 Å². The SMILES string of the molecule is CC(=O)OCC(=O)[C@@H]1[C@]2(CC=O)[C@H]([C@@H]3CCC4=CC(=O)CC[C@]4(C)C3)CC[C@]12O. The average molecular weight is 402 g/mol. The molecule has 158 valence electrons. The summed E-state index contributed by atoms with van der Waals surface area (Å²) in [4.78, 5) is 47.3. The third kappa shape index (κ3) is 2.94. The first kappa shape index (κ1) is 20.5. The molecule has 0 aromatic rings. The van der Waals surface area contributed by atoms with E-state index in [0.717, 1.165) is 38.4 Å². The molecule has 4 aliphatic carbocycles. The maximum atomic E-state index is 12.8. The Bertz CT molecular complexity index is 799. The van der Waals surface area contributed by atoms with E-state index in [-0.39, 0.29) is 35.9 Å². The highest BCUT2D eigenvalue weighted by Crippen LogP contribution is 2.77. The van der Waals surface area contributed by atoms with Gasteiger partial charge in [0.15, 0.2) is 11.6 Å². The zero-order valence-electron chi connectivity index (χ0n) is 17.2. The molecule has 0 saturated heterocycles. The number of ketones is 2. The number of esters is 1. The Kier molecular flexibility index (Phi) is 4.84. The Morgan fingerprint density at radius 2 is 2.03 bits per heavy atom. The standard InChI is InChI=1S/C23H30O6/c1-14(25)29-13-19(27)20-22(9-10-24)18(6-8-23(20,22)28)15-3-4-16-11-17(26)5-7-21(16,2)12-15/h10-11,15,18,20,28H,3-9,12-13H2,1-2H3/t15-,18+,20-,21-,22+,23+/m1/s1. The van der Waals surface area contributed by atoms with Gasteiger partial charge in [0.2, 0.25) is 0 Å². The van der Waals surface area contributed by atoms with Crippen molar-refractivity contribution in [3.05, 3.63) is 11.6 Å². The summed E-state index contributed by atoms with van der Waals surface area (Å²) in [6, 6.07) is 0. The third-order valence-electron chi connectivity index (χ3n) is 8.47. The van der Waals surface area contributed by atoms with Crippen LogP contribution in [0.2, 0.25) is 0 Å². The second-order valence-corrected chi connectivity index (χ2v) is 9.86. The summed E-state index contributed by atoms with van der Waals surface area (Å²) >= 11 is 0. The van der Waals surface area contributed by atoms with Crippen LogP contribution >= 0.6 is 0 Å². The van der Waals surface area contributed by atoms with Crippen molar-refractivity contribution in [3.8, 4) is 0 Å². The normalized spacial score (nSPS) is 43.1. The molecule has 1 N–H and O–H groups in total. The van der Waals surface area contributed by atoms with Gasteiger partial charge in [0.05, 0.1) is 11.5 Å². The van der Waals surface area contributed by atoms with Crippen molar-refractivity contribution in [1.29, 1.82) is 0 Å². The predicted octanol–water partition coefficient (Wildman–Crippen LogP) is 2.56. The Morgan fingerprint density at radius 1 is 1.28 bits per heavy atom. The van der Waals surface area contributed by atoms with Gasteiger partial charge in [0.25, 0.3) is 0 Å². The number of aliphatic hydroxyl groups is 1. The van der Waals surface area contributed by atoms with E-state index >= 15 is 0 Å². The lowest BCUT2D eigenvalue weighted by atomic mass is 9.58. The van der Waals surface area contributed by atoms with Crippen molar-refractivity contribution in [3.63, 3.8) is 0 Å². The molecule has 0 amide bonds. The highest BCUT2D eigenvalue weighted by molar-refractivity contribution is 5.92. The van der Waals surface area contributed by atoms with E-state index in [4.69, 9.17) is 4.74 Å². The molecule has 0 bridgehead atoms. The molecule has 0 aromatic heterocycles. The molecule has 0 spiro atoms. The molecule has 6 atom stereocenters. The summed E-state index contributed by atoms with van der Waals surface area (Å²) in [5.41, 5.74) is -0.652. The zero-order chi connectivity index (χ0) is 21.0. The van der Waals surface area contributed by atoms with Crippen LogP contribution in [0.25, 0.3) is 0 Å². The Morgan fingerprint density at radius 3 is 2.72 bits per heavy atom. The quantitative estimate of drug-likeness (QED) is 0.542. The maximum Gasteiger partial charge on any atom is 0.303 e. The largest absolute Gasteiger partial charge is 0.458 e. The van der Waals surface area contributed by atoms with Crippen molar-refractivity contribution in [2.45, 2.75) is 70.8 Å². The minimum atomic E-state index is -1.16. The van der Waals surface area contributed by atoms with E-state index in [9.17, 15) is 24.3 Å². The van der Waals surface area contributed by atoms with E-state index in [2.05, 4.69) is 6.92 Å². The minimum absolute atomic E-state index is 0.00790. The number of rotatable bonds is 6. The number of ether oxygens (including phenoxy) is 1. The fraction of sp³-hybridized carbons (Fsp3) is 0.739. The number of aldehydes is 1. The van der Waals surface area contributed by atoms with Crippen molar-refractivity contribution < 1.29 is 29.0 Å². The molecule has 0 aliphatic heterocycles. The lowest BCUT2D eigenvalue weighted by Crippen LogP contribution is -2.38. The van der Waals surface area contributed by atoms with Crippen molar-refractivity contribution >= 4 is 23.8 Å². The van der Waals surface area contributed by atoms with Crippen LogP contribution in [0.4, 0.5) is 0 Å². The fourth-order valence-corrected chi connectivity index (χ4v) is 7.18. The summed E-state index contributed by atoms with van der Waals surface area (Å²) in [6.07, 6.45) is 8.27. The highest BCUT2D eigenvalue weighted by Gasteiger charge is 2.83. The number of allylic oxidation sites excluding steroid dienone is 2. The number of carbonyl (C=O) groups excluding carboxylic acids is 4. The molecule has 6 heteroatoms. The summed E-state index contributed by atoms with van der Waals surface area (Å²) in [5, 5.41) is 11.3. The van der Waals surface area contributed by atoms with Gasteiger partial charge >= 0.3 is 5.97 Å². The third-order valence-corrected chi connectivity index (χ3v) is 8.47. The van der Waals surface area contributed by atoms with Gasteiger partial charge in [-0.1, -0.05) is 12.5 Å². The molecular weight excluding hydrogens is 372 g/mol. The molecule has 3 saturated carbocycles. The van der Waals surface area contributed by atoms with Crippen LogP contribution in [0, 0.1) is 28.6 Å². The number of fused-ring (bicyclic) bond motifs is 2. The van der Waals surface area contributed by atoms with E-state index in [1.807, 2.05) is 6.08 Å². The van der Waals surface area contributed by atoms with Crippen LogP contribution in [-0.4, -0.2) is 41.1 Å². The number of hydrogen-bond acceptors (Lipinski definition) is 6. The zero-order valence-corrected chi connectivity index (χ0v) is 17.2. The highest BCUT2D eigenvalue weighted by atomic mass is 16.5. The first-order chi connectivity index (χ1) is 13.7. The van der Waals surface area contributed by atoms with Crippen molar-refractivity contribution in [1.82, 2.24) is 0 Å². The smallest absolute Gasteiger partial charge is 0.303 e. The number of Topliss-reactive ketones (excluding diaryl/α,β-unsaturated/α-hetero) is 1. The Balaban J connectivity index is 1.57. The molecule has 0 aromatic carbocycles. The van der Waals surface area contributed by atoms with E-state index in [0.29, 0.717) is 18.8 Å². The molecule has 3 fully saturated rings. The van der Waals surface area contributed by atoms with E-state index in [1.165, 1.54) is 12.5 Å². The van der Waals surface area contributed by atoms with Gasteiger partial charge in [-0.2, -0.15) is 0 Å². The monoisotopic (exact) mass is 402 g/mol. The molecule has 0 heterocycles. The first-order valence-corrected chi connectivity index (χ1v) is 10.7. The van der Waals surface area contributed by atoms with Crippen LogP contribution in [0.5, 0.6) is 0 Å². The number of hydrogen-bond donors (Lipinski definition) is 1. The second-order valence-electron chi connectivity index (χ2n) is 9.86. The van der Waals surface area contributed by atoms with E-state index < -0.39 is 22.9 Å². The van der Waals surface area contributed by atoms with Crippen molar-refractivity contribution in [2.24, 2.45) is 28.6 Å². The summed E-state index contributed by atoms with van der Waals surface area (Å²) in [5.74, 6) is -0.813. The lowest BCUT2D eigenvalue weighted by Gasteiger charge is -2.46. The van der Waals surface area contributed by atoms with Crippen LogP contribution in [0.15, 0.2) is 11.6 Å². The first-order valence-electron chi connectivity index (χ1n) is 10.7. The summed E-state index contributed by atoms with van der Waals surface area (Å²) in [6.45, 7) is 3.14. The average Bonchev–Trinajstić information content (AvgIpc) is 3.05. The molecule has 0 unspecified atom stereocenters. The van der Waals surface area contributed by atoms with Gasteiger partial charge < -0.3 is 14.6 Å². The molecular formula is C23H30O6. The second kappa shape index (κ2) is 6.86. The topological polar surface area (TPSA) is 97.7 Å². The number of carbonyl (C=O) groups is 4. The minimum Gasteiger partial charge on any atom is -0.458 e.